The maximum Gasteiger partial charge on any atom is 0.282 e. The molecule has 3 amide bonds. The number of rotatable bonds is 4. The average Bonchev–Trinajstić information content (AvgIpc) is 3.09. The summed E-state index contributed by atoms with van der Waals surface area (Å²) in [6.07, 6.45) is 0.990. The molecule has 0 N–H and O–H groups in total. The van der Waals surface area contributed by atoms with Crippen LogP contribution in [0.3, 0.4) is 0 Å². The number of carbonyl (C=O) groups is 4. The van der Waals surface area contributed by atoms with E-state index in [0.29, 0.717) is 29.9 Å². The third kappa shape index (κ3) is 3.69. The van der Waals surface area contributed by atoms with Crippen LogP contribution < -0.4 is 9.47 Å². The molecule has 0 unspecified atom stereocenters. The van der Waals surface area contributed by atoms with E-state index < -0.39 is 40.5 Å². The molecule has 180 valence electrons. The van der Waals surface area contributed by atoms with Crippen molar-refractivity contribution >= 4 is 29.2 Å². The van der Waals surface area contributed by atoms with Crippen LogP contribution in [0.25, 0.3) is 0 Å². The molecule has 3 heterocycles. The molecule has 1 saturated heterocycles. The Bertz CT molecular complexity index is 1300. The van der Waals surface area contributed by atoms with Crippen molar-refractivity contribution in [2.24, 2.45) is 0 Å². The molecule has 5 rings (SSSR count). The molecule has 0 atom stereocenters. The Morgan fingerprint density at radius 1 is 1.11 bits per heavy atom. The quantitative estimate of drug-likeness (QED) is 0.370. The number of methoxy groups -OCH3 is 1. The summed E-state index contributed by atoms with van der Waals surface area (Å²) < 4.78 is 11.4. The maximum atomic E-state index is 12.9. The van der Waals surface area contributed by atoms with E-state index in [-0.39, 0.29) is 36.4 Å². The van der Waals surface area contributed by atoms with Crippen LogP contribution in [0.2, 0.25) is 0 Å². The number of Topliss-reactive ketones (excluding diaryl/α,β-unsaturated/α-hetero) is 1. The van der Waals surface area contributed by atoms with E-state index in [4.69, 9.17) is 9.47 Å². The van der Waals surface area contributed by atoms with Crippen molar-refractivity contribution in [2.45, 2.75) is 24.9 Å². The van der Waals surface area contributed by atoms with Gasteiger partial charge in [0.05, 0.1) is 29.6 Å². The number of nitro groups is 1. The summed E-state index contributed by atoms with van der Waals surface area (Å²) >= 11 is 0. The van der Waals surface area contributed by atoms with Gasteiger partial charge in [-0.05, 0) is 24.3 Å². The molecule has 0 radical (unpaired) electrons. The number of fused-ring (bicyclic) bond motifs is 2. The summed E-state index contributed by atoms with van der Waals surface area (Å²) in [4.78, 5) is 64.0. The molecule has 0 aliphatic carbocycles. The van der Waals surface area contributed by atoms with Gasteiger partial charge in [-0.3, -0.25) is 34.2 Å². The van der Waals surface area contributed by atoms with E-state index >= 15 is 0 Å². The SMILES string of the molecule is COc1ccc2c(c1)C(=O)CC1(CCN(C(=O)CN3C(=O)c4cccc([N+](=O)[O-])c4C3=O)CC1)O2. The van der Waals surface area contributed by atoms with Gasteiger partial charge in [0, 0.05) is 32.0 Å². The monoisotopic (exact) mass is 479 g/mol. The van der Waals surface area contributed by atoms with Gasteiger partial charge in [-0.2, -0.15) is 0 Å². The van der Waals surface area contributed by atoms with Gasteiger partial charge in [0.2, 0.25) is 5.91 Å². The number of likely N-dealkylation sites (tertiary alicyclic amines) is 1. The first kappa shape index (κ1) is 22.5. The molecule has 0 saturated carbocycles. The summed E-state index contributed by atoms with van der Waals surface area (Å²) in [6.45, 7) is 0.0424. The maximum absolute atomic E-state index is 12.9. The van der Waals surface area contributed by atoms with Crippen molar-refractivity contribution in [3.8, 4) is 11.5 Å². The van der Waals surface area contributed by atoms with Crippen molar-refractivity contribution in [2.75, 3.05) is 26.7 Å². The third-order valence-corrected chi connectivity index (χ3v) is 6.79. The molecule has 0 aromatic heterocycles. The molecule has 11 nitrogen and oxygen atoms in total. The summed E-state index contributed by atoms with van der Waals surface area (Å²) in [5.41, 5.74) is -1.11. The number of hydrogen-bond acceptors (Lipinski definition) is 8. The molecule has 2 aromatic rings. The average molecular weight is 479 g/mol. The number of imide groups is 1. The lowest BCUT2D eigenvalue weighted by Gasteiger charge is -2.44. The Morgan fingerprint density at radius 3 is 2.54 bits per heavy atom. The minimum Gasteiger partial charge on any atom is -0.497 e. The number of hydrogen-bond donors (Lipinski definition) is 0. The van der Waals surface area contributed by atoms with Gasteiger partial charge in [-0.25, -0.2) is 0 Å². The van der Waals surface area contributed by atoms with Gasteiger partial charge in [-0.1, -0.05) is 6.07 Å². The predicted molar refractivity (Wildman–Crippen MR) is 120 cm³/mol. The fourth-order valence-corrected chi connectivity index (χ4v) is 4.89. The highest BCUT2D eigenvalue weighted by molar-refractivity contribution is 6.24. The Hall–Kier alpha value is -4.28. The molecule has 1 fully saturated rings. The summed E-state index contributed by atoms with van der Waals surface area (Å²) in [7, 11) is 1.52. The fraction of sp³-hybridized carbons (Fsp3) is 0.333. The van der Waals surface area contributed by atoms with Crippen LogP contribution in [0.5, 0.6) is 11.5 Å². The molecule has 3 aliphatic heterocycles. The number of carbonyl (C=O) groups excluding carboxylic acids is 4. The van der Waals surface area contributed by atoms with Crippen molar-refractivity contribution < 1.29 is 33.6 Å². The summed E-state index contributed by atoms with van der Waals surface area (Å²) in [5, 5.41) is 11.3. The highest BCUT2D eigenvalue weighted by Crippen LogP contribution is 2.40. The lowest BCUT2D eigenvalue weighted by molar-refractivity contribution is -0.385. The normalized spacial score (nSPS) is 18.3. The molecule has 0 bridgehead atoms. The van der Waals surface area contributed by atoms with Crippen LogP contribution in [0.4, 0.5) is 5.69 Å². The molecule has 1 spiro atoms. The topological polar surface area (TPSA) is 136 Å². The second-order valence-corrected chi connectivity index (χ2v) is 8.78. The van der Waals surface area contributed by atoms with Crippen molar-refractivity contribution in [3.05, 3.63) is 63.2 Å². The molecule has 2 aromatic carbocycles. The minimum atomic E-state index is -0.854. The van der Waals surface area contributed by atoms with Crippen LogP contribution >= 0.6 is 0 Å². The van der Waals surface area contributed by atoms with Gasteiger partial charge in [-0.15, -0.1) is 0 Å². The smallest absolute Gasteiger partial charge is 0.282 e. The van der Waals surface area contributed by atoms with Gasteiger partial charge in [0.1, 0.15) is 29.2 Å². The number of nitro benzene ring substituents is 1. The predicted octanol–water partition coefficient (Wildman–Crippen LogP) is 2.23. The van der Waals surface area contributed by atoms with E-state index in [1.165, 1.54) is 24.1 Å². The van der Waals surface area contributed by atoms with E-state index in [2.05, 4.69) is 0 Å². The van der Waals surface area contributed by atoms with Gasteiger partial charge in [0.25, 0.3) is 17.5 Å². The first-order chi connectivity index (χ1) is 16.7. The zero-order valence-corrected chi connectivity index (χ0v) is 18.8. The van der Waals surface area contributed by atoms with Crippen molar-refractivity contribution in [1.29, 1.82) is 0 Å². The largest absolute Gasteiger partial charge is 0.497 e. The second kappa shape index (κ2) is 8.19. The van der Waals surface area contributed by atoms with Crippen LogP contribution in [-0.4, -0.2) is 70.6 Å². The Labute approximate surface area is 199 Å². The van der Waals surface area contributed by atoms with Crippen LogP contribution in [-0.2, 0) is 4.79 Å². The van der Waals surface area contributed by atoms with Crippen molar-refractivity contribution in [1.82, 2.24) is 9.80 Å². The first-order valence-corrected chi connectivity index (χ1v) is 11.0. The zero-order valence-electron chi connectivity index (χ0n) is 18.8. The number of piperidine rings is 1. The van der Waals surface area contributed by atoms with E-state index in [9.17, 15) is 29.3 Å². The van der Waals surface area contributed by atoms with Crippen LogP contribution in [0.15, 0.2) is 36.4 Å². The number of amides is 3. The highest BCUT2D eigenvalue weighted by Gasteiger charge is 2.45. The lowest BCUT2D eigenvalue weighted by Crippen LogP contribution is -2.54. The van der Waals surface area contributed by atoms with Crippen molar-refractivity contribution in [3.63, 3.8) is 0 Å². The second-order valence-electron chi connectivity index (χ2n) is 8.78. The molecule has 11 heteroatoms. The van der Waals surface area contributed by atoms with Crippen LogP contribution in [0.1, 0.15) is 50.3 Å². The lowest BCUT2D eigenvalue weighted by atomic mass is 9.82. The molecular weight excluding hydrogens is 458 g/mol. The number of ketones is 1. The van der Waals surface area contributed by atoms with Crippen LogP contribution in [0, 0.1) is 10.1 Å². The zero-order chi connectivity index (χ0) is 24.9. The summed E-state index contributed by atoms with van der Waals surface area (Å²) in [6, 6.07) is 8.89. The minimum absolute atomic E-state index is 0.0578. The third-order valence-electron chi connectivity index (χ3n) is 6.79. The highest BCUT2D eigenvalue weighted by atomic mass is 16.6. The Morgan fingerprint density at radius 2 is 1.86 bits per heavy atom. The molecule has 35 heavy (non-hydrogen) atoms. The first-order valence-electron chi connectivity index (χ1n) is 11.0. The van der Waals surface area contributed by atoms with Gasteiger partial charge >= 0.3 is 0 Å². The Kier molecular flexibility index (Phi) is 5.27. The fourth-order valence-electron chi connectivity index (χ4n) is 4.89. The molecular formula is C24H21N3O8. The van der Waals surface area contributed by atoms with E-state index in [1.54, 1.807) is 18.2 Å². The standard InChI is InChI=1S/C24H21N3O8/c1-34-14-5-6-19-16(11-14)18(28)12-24(35-19)7-9-25(10-8-24)20(29)13-26-22(30)15-3-2-4-17(27(32)33)21(15)23(26)31/h2-6,11H,7-10,12-13H2,1H3. The Balaban J connectivity index is 1.26. The van der Waals surface area contributed by atoms with E-state index in [0.717, 1.165) is 11.0 Å². The van der Waals surface area contributed by atoms with E-state index in [1.807, 2.05) is 0 Å². The van der Waals surface area contributed by atoms with Gasteiger partial charge < -0.3 is 14.4 Å². The molecule has 3 aliphatic rings. The summed E-state index contributed by atoms with van der Waals surface area (Å²) in [5.74, 6) is -1.05. The number of benzene rings is 2. The number of nitrogens with zero attached hydrogens (tertiary/aromatic N) is 3. The number of ether oxygens (including phenoxy) is 2. The van der Waals surface area contributed by atoms with Gasteiger partial charge in [0.15, 0.2) is 5.78 Å².